The van der Waals surface area contributed by atoms with Crippen molar-refractivity contribution in [1.29, 1.82) is 0 Å². The second-order valence-electron chi connectivity index (χ2n) is 6.67. The zero-order valence-corrected chi connectivity index (χ0v) is 15.3. The van der Waals surface area contributed by atoms with Crippen LogP contribution < -0.4 is 0 Å². The van der Waals surface area contributed by atoms with E-state index in [-0.39, 0.29) is 5.78 Å². The van der Waals surface area contributed by atoms with Crippen LogP contribution in [0, 0.1) is 0 Å². The predicted molar refractivity (Wildman–Crippen MR) is 108 cm³/mol. The van der Waals surface area contributed by atoms with Gasteiger partial charge in [0.25, 0.3) is 0 Å². The molecule has 4 rings (SSSR count). The molecular formula is C23H22N2O. The number of H-pyrrole nitrogens is 1. The fourth-order valence-corrected chi connectivity index (χ4v) is 3.83. The summed E-state index contributed by atoms with van der Waals surface area (Å²) >= 11 is 0. The highest BCUT2D eigenvalue weighted by Gasteiger charge is 2.22. The predicted octanol–water partition coefficient (Wildman–Crippen LogP) is 5.61. The normalized spacial score (nSPS) is 11.2. The van der Waals surface area contributed by atoms with Gasteiger partial charge in [0, 0.05) is 42.2 Å². The second kappa shape index (κ2) is 6.34. The van der Waals surface area contributed by atoms with E-state index in [2.05, 4.69) is 66.1 Å². The van der Waals surface area contributed by atoms with Crippen molar-refractivity contribution in [3.05, 3.63) is 72.1 Å². The van der Waals surface area contributed by atoms with Gasteiger partial charge < -0.3 is 9.55 Å². The number of nitrogens with zero attached hydrogens (tertiary/aromatic N) is 1. The molecule has 130 valence electrons. The molecule has 2 aromatic carbocycles. The first kappa shape index (κ1) is 16.4. The molecule has 0 aliphatic heterocycles. The molecular weight excluding hydrogens is 320 g/mol. The molecule has 1 N–H and O–H groups in total. The van der Waals surface area contributed by atoms with Crippen LogP contribution in [0.15, 0.2) is 60.8 Å². The molecule has 0 aliphatic rings. The number of hydrogen-bond donors (Lipinski definition) is 1. The number of rotatable bonds is 4. The van der Waals surface area contributed by atoms with E-state index in [1.165, 1.54) is 16.5 Å². The smallest absolute Gasteiger partial charge is 0.176 e. The summed E-state index contributed by atoms with van der Waals surface area (Å²) in [6.07, 6.45) is 2.93. The molecule has 3 heteroatoms. The van der Waals surface area contributed by atoms with E-state index in [0.717, 1.165) is 28.8 Å². The van der Waals surface area contributed by atoms with E-state index in [4.69, 9.17) is 0 Å². The summed E-state index contributed by atoms with van der Waals surface area (Å²) in [6, 6.07) is 18.6. The Morgan fingerprint density at radius 1 is 1.04 bits per heavy atom. The number of ketones is 1. The van der Waals surface area contributed by atoms with Crippen molar-refractivity contribution >= 4 is 16.7 Å². The molecule has 2 aromatic heterocycles. The number of aromatic amines is 1. The van der Waals surface area contributed by atoms with Crippen molar-refractivity contribution in [2.24, 2.45) is 7.05 Å². The average molecular weight is 342 g/mol. The van der Waals surface area contributed by atoms with Crippen LogP contribution in [0.25, 0.3) is 33.3 Å². The van der Waals surface area contributed by atoms with Crippen molar-refractivity contribution in [1.82, 2.24) is 9.55 Å². The van der Waals surface area contributed by atoms with Crippen LogP contribution >= 0.6 is 0 Å². The Morgan fingerprint density at radius 3 is 2.50 bits per heavy atom. The lowest BCUT2D eigenvalue weighted by Gasteiger charge is -2.08. The minimum absolute atomic E-state index is 0.0602. The van der Waals surface area contributed by atoms with Crippen LogP contribution in [0.3, 0.4) is 0 Å². The third-order valence-corrected chi connectivity index (χ3v) is 5.07. The summed E-state index contributed by atoms with van der Waals surface area (Å²) in [7, 11) is 2.05. The van der Waals surface area contributed by atoms with Gasteiger partial charge in [-0.15, -0.1) is 0 Å². The van der Waals surface area contributed by atoms with Gasteiger partial charge in [-0.25, -0.2) is 0 Å². The number of benzene rings is 2. The lowest BCUT2D eigenvalue weighted by atomic mass is 9.94. The number of aryl methyl sites for hydroxylation is 1. The summed E-state index contributed by atoms with van der Waals surface area (Å²) in [5.74, 6) is 0.0602. The van der Waals surface area contributed by atoms with Gasteiger partial charge in [-0.05, 0) is 29.7 Å². The van der Waals surface area contributed by atoms with Crippen molar-refractivity contribution in [2.75, 3.05) is 0 Å². The fourth-order valence-electron chi connectivity index (χ4n) is 3.83. The molecule has 0 spiro atoms. The topological polar surface area (TPSA) is 37.8 Å². The molecule has 0 aliphatic carbocycles. The van der Waals surface area contributed by atoms with Crippen LogP contribution in [-0.2, 0) is 13.5 Å². The molecule has 3 nitrogen and oxygen atoms in total. The van der Waals surface area contributed by atoms with E-state index in [1.54, 1.807) is 6.92 Å². The van der Waals surface area contributed by atoms with Crippen molar-refractivity contribution in [3.63, 3.8) is 0 Å². The maximum atomic E-state index is 12.4. The number of aromatic nitrogens is 2. The van der Waals surface area contributed by atoms with Crippen molar-refractivity contribution < 1.29 is 4.79 Å². The highest BCUT2D eigenvalue weighted by atomic mass is 16.1. The van der Waals surface area contributed by atoms with Gasteiger partial charge >= 0.3 is 0 Å². The van der Waals surface area contributed by atoms with Crippen molar-refractivity contribution in [3.8, 4) is 22.4 Å². The molecule has 0 saturated heterocycles. The highest BCUT2D eigenvalue weighted by molar-refractivity contribution is 6.04. The summed E-state index contributed by atoms with van der Waals surface area (Å²) in [5.41, 5.74) is 7.37. The van der Waals surface area contributed by atoms with E-state index in [0.29, 0.717) is 5.69 Å². The Kier molecular flexibility index (Phi) is 4.00. The van der Waals surface area contributed by atoms with Crippen LogP contribution in [0.5, 0.6) is 0 Å². The third-order valence-electron chi connectivity index (χ3n) is 5.07. The van der Waals surface area contributed by atoms with Crippen LogP contribution in [0.2, 0.25) is 0 Å². The quantitative estimate of drug-likeness (QED) is 0.481. The molecule has 0 atom stereocenters. The van der Waals surface area contributed by atoms with E-state index in [1.807, 2.05) is 18.2 Å². The Labute approximate surface area is 153 Å². The summed E-state index contributed by atoms with van der Waals surface area (Å²) in [5, 5.41) is 1.20. The van der Waals surface area contributed by atoms with Gasteiger partial charge in [0.15, 0.2) is 5.78 Å². The van der Waals surface area contributed by atoms with Crippen LogP contribution in [0.4, 0.5) is 0 Å². The van der Waals surface area contributed by atoms with Crippen LogP contribution in [-0.4, -0.2) is 15.3 Å². The SMILES string of the molecule is CCc1c(-c2cccc3c2ccn3C)[nH]c(C(C)=O)c1-c1ccccc1. The first-order valence-electron chi connectivity index (χ1n) is 8.97. The Bertz CT molecular complexity index is 1100. The number of Topliss-reactive ketones (excluding diaryl/α,β-unsaturated/α-hetero) is 1. The van der Waals surface area contributed by atoms with Gasteiger partial charge in [0.05, 0.1) is 11.4 Å². The lowest BCUT2D eigenvalue weighted by Crippen LogP contribution is -1.95. The number of hydrogen-bond acceptors (Lipinski definition) is 1. The maximum Gasteiger partial charge on any atom is 0.176 e. The fraction of sp³-hybridized carbons (Fsp3) is 0.174. The highest BCUT2D eigenvalue weighted by Crippen LogP contribution is 2.38. The number of carbonyl (C=O) groups excluding carboxylic acids is 1. The minimum atomic E-state index is 0.0602. The standard InChI is InChI=1S/C23H22N2O/c1-4-17-21(16-9-6-5-7-10-16)22(15(2)26)24-23(17)19-11-8-12-20-18(19)13-14-25(20)3/h5-14,24H,4H2,1-3H3. The lowest BCUT2D eigenvalue weighted by molar-refractivity contribution is 0.101. The Morgan fingerprint density at radius 2 is 1.81 bits per heavy atom. The molecule has 0 fully saturated rings. The van der Waals surface area contributed by atoms with Gasteiger partial charge in [0.1, 0.15) is 0 Å². The number of carbonyl (C=O) groups is 1. The first-order valence-corrected chi connectivity index (χ1v) is 8.97. The summed E-state index contributed by atoms with van der Waals surface area (Å²) < 4.78 is 2.12. The van der Waals surface area contributed by atoms with E-state index in [9.17, 15) is 4.79 Å². The number of nitrogens with one attached hydrogen (secondary N) is 1. The van der Waals surface area contributed by atoms with Crippen LogP contribution in [0.1, 0.15) is 29.9 Å². The molecule has 0 radical (unpaired) electrons. The first-order chi connectivity index (χ1) is 12.6. The van der Waals surface area contributed by atoms with Gasteiger partial charge in [-0.3, -0.25) is 4.79 Å². The Hall–Kier alpha value is -3.07. The third kappa shape index (κ3) is 2.48. The molecule has 4 aromatic rings. The molecule has 2 heterocycles. The maximum absolute atomic E-state index is 12.4. The minimum Gasteiger partial charge on any atom is -0.351 e. The molecule has 0 saturated carbocycles. The zero-order valence-electron chi connectivity index (χ0n) is 15.3. The van der Waals surface area contributed by atoms with Gasteiger partial charge in [-0.1, -0.05) is 49.4 Å². The molecule has 26 heavy (non-hydrogen) atoms. The largest absolute Gasteiger partial charge is 0.351 e. The average Bonchev–Trinajstić information content (AvgIpc) is 3.23. The van der Waals surface area contributed by atoms with E-state index >= 15 is 0 Å². The molecule has 0 bridgehead atoms. The number of fused-ring (bicyclic) bond motifs is 1. The van der Waals surface area contributed by atoms with Crippen molar-refractivity contribution in [2.45, 2.75) is 20.3 Å². The van der Waals surface area contributed by atoms with Gasteiger partial charge in [0.2, 0.25) is 0 Å². The van der Waals surface area contributed by atoms with E-state index < -0.39 is 0 Å². The second-order valence-corrected chi connectivity index (χ2v) is 6.67. The summed E-state index contributed by atoms with van der Waals surface area (Å²) in [4.78, 5) is 15.8. The zero-order chi connectivity index (χ0) is 18.3. The Balaban J connectivity index is 2.05. The molecule has 0 unspecified atom stereocenters. The monoisotopic (exact) mass is 342 g/mol. The molecule has 0 amide bonds. The van der Waals surface area contributed by atoms with Gasteiger partial charge in [-0.2, -0.15) is 0 Å². The summed E-state index contributed by atoms with van der Waals surface area (Å²) in [6.45, 7) is 3.78.